The number of nitrogens with one attached hydrogen (secondary N) is 1. The highest BCUT2D eigenvalue weighted by molar-refractivity contribution is 8.14. The maximum absolute atomic E-state index is 12.5. The number of rotatable bonds is 2. The molecule has 1 aromatic carbocycles. The van der Waals surface area contributed by atoms with Gasteiger partial charge in [-0.25, -0.2) is 4.79 Å². The van der Waals surface area contributed by atoms with Crippen LogP contribution >= 0.6 is 11.8 Å². The molecule has 1 heterocycles. The van der Waals surface area contributed by atoms with Gasteiger partial charge in [-0.05, 0) is 25.3 Å². The van der Waals surface area contributed by atoms with Gasteiger partial charge in [0.1, 0.15) is 0 Å². The molecule has 3 rings (SSSR count). The van der Waals surface area contributed by atoms with E-state index in [0.717, 1.165) is 31.2 Å². The standard InChI is InChI=1S/C17H22N2O2S/c1-12-15(13-8-4-2-5-9-13)22-17(21)19(12)16(20)18-14-10-6-3-7-11-14/h2,4-5,8-9,12,14-15H,3,6-7,10-11H2,1H3,(H,18,20)/t12-,15+/m0/s1. The number of benzene rings is 1. The lowest BCUT2D eigenvalue weighted by Gasteiger charge is -2.27. The molecule has 1 N–H and O–H groups in total. The summed E-state index contributed by atoms with van der Waals surface area (Å²) in [7, 11) is 0. The number of hydrogen-bond donors (Lipinski definition) is 1. The molecule has 0 radical (unpaired) electrons. The molecule has 1 saturated carbocycles. The molecule has 22 heavy (non-hydrogen) atoms. The zero-order chi connectivity index (χ0) is 15.5. The Labute approximate surface area is 135 Å². The number of urea groups is 1. The van der Waals surface area contributed by atoms with Gasteiger partial charge >= 0.3 is 6.03 Å². The molecule has 1 aliphatic carbocycles. The number of imide groups is 1. The molecule has 2 aliphatic rings. The fourth-order valence-corrected chi connectivity index (χ4v) is 4.51. The molecule has 0 unspecified atom stereocenters. The van der Waals surface area contributed by atoms with Crippen molar-refractivity contribution >= 4 is 23.0 Å². The summed E-state index contributed by atoms with van der Waals surface area (Å²) in [6.45, 7) is 1.95. The molecule has 4 nitrogen and oxygen atoms in total. The maximum atomic E-state index is 12.5. The van der Waals surface area contributed by atoms with E-state index in [0.29, 0.717) is 0 Å². The Morgan fingerprint density at radius 2 is 1.86 bits per heavy atom. The third kappa shape index (κ3) is 3.14. The SMILES string of the molecule is C[C@H]1[C@H](c2ccccc2)SC(=O)N1C(=O)NC1CCCCC1. The van der Waals surface area contributed by atoms with Crippen molar-refractivity contribution in [2.75, 3.05) is 0 Å². The Morgan fingerprint density at radius 1 is 1.18 bits per heavy atom. The maximum Gasteiger partial charge on any atom is 0.325 e. The second kappa shape index (κ2) is 6.73. The summed E-state index contributed by atoms with van der Waals surface area (Å²) in [5.41, 5.74) is 1.10. The van der Waals surface area contributed by atoms with Crippen LogP contribution in [-0.2, 0) is 0 Å². The minimum Gasteiger partial charge on any atom is -0.335 e. The summed E-state index contributed by atoms with van der Waals surface area (Å²) in [6, 6.07) is 9.81. The summed E-state index contributed by atoms with van der Waals surface area (Å²) >= 11 is 1.25. The number of hydrogen-bond acceptors (Lipinski definition) is 3. The first-order valence-corrected chi connectivity index (χ1v) is 8.90. The average Bonchev–Trinajstić information content (AvgIpc) is 2.84. The van der Waals surface area contributed by atoms with Gasteiger partial charge < -0.3 is 5.32 Å². The Morgan fingerprint density at radius 3 is 2.55 bits per heavy atom. The number of thioether (sulfide) groups is 1. The van der Waals surface area contributed by atoms with Crippen LogP contribution in [-0.4, -0.2) is 28.3 Å². The summed E-state index contributed by atoms with van der Waals surface area (Å²) in [4.78, 5) is 26.2. The summed E-state index contributed by atoms with van der Waals surface area (Å²) in [5.74, 6) is 0. The minimum absolute atomic E-state index is 0.0193. The van der Waals surface area contributed by atoms with Gasteiger partial charge in [-0.3, -0.25) is 9.69 Å². The van der Waals surface area contributed by atoms with Gasteiger partial charge in [-0.2, -0.15) is 0 Å². The monoisotopic (exact) mass is 318 g/mol. The Kier molecular flexibility index (Phi) is 4.71. The topological polar surface area (TPSA) is 49.4 Å². The van der Waals surface area contributed by atoms with Crippen LogP contribution in [0.25, 0.3) is 0 Å². The fraction of sp³-hybridized carbons (Fsp3) is 0.529. The molecule has 3 amide bonds. The number of nitrogens with zero attached hydrogens (tertiary/aromatic N) is 1. The van der Waals surface area contributed by atoms with Crippen LogP contribution in [0.3, 0.4) is 0 Å². The Bertz CT molecular complexity index is 543. The van der Waals surface area contributed by atoms with E-state index in [2.05, 4.69) is 5.32 Å². The van der Waals surface area contributed by atoms with Gasteiger partial charge in [-0.1, -0.05) is 61.4 Å². The highest BCUT2D eigenvalue weighted by Crippen LogP contribution is 2.43. The van der Waals surface area contributed by atoms with Crippen LogP contribution in [0.5, 0.6) is 0 Å². The van der Waals surface area contributed by atoms with E-state index in [1.807, 2.05) is 37.3 Å². The zero-order valence-corrected chi connectivity index (χ0v) is 13.6. The van der Waals surface area contributed by atoms with Crippen LogP contribution in [0.1, 0.15) is 49.8 Å². The largest absolute Gasteiger partial charge is 0.335 e. The van der Waals surface area contributed by atoms with Crippen molar-refractivity contribution in [3.8, 4) is 0 Å². The van der Waals surface area contributed by atoms with Crippen molar-refractivity contribution in [1.82, 2.24) is 10.2 Å². The highest BCUT2D eigenvalue weighted by atomic mass is 32.2. The predicted octanol–water partition coefficient (Wildman–Crippen LogP) is 4.33. The quantitative estimate of drug-likeness (QED) is 0.883. The lowest BCUT2D eigenvalue weighted by Crippen LogP contribution is -2.48. The van der Waals surface area contributed by atoms with E-state index >= 15 is 0 Å². The van der Waals surface area contributed by atoms with Gasteiger partial charge in [0.05, 0.1) is 11.3 Å². The van der Waals surface area contributed by atoms with Crippen LogP contribution in [0.2, 0.25) is 0 Å². The first-order valence-electron chi connectivity index (χ1n) is 8.02. The van der Waals surface area contributed by atoms with Crippen molar-refractivity contribution in [2.45, 2.75) is 56.4 Å². The predicted molar refractivity (Wildman–Crippen MR) is 88.9 cm³/mol. The van der Waals surface area contributed by atoms with Gasteiger partial charge in [0.25, 0.3) is 5.24 Å². The van der Waals surface area contributed by atoms with Crippen LogP contribution < -0.4 is 5.32 Å². The van der Waals surface area contributed by atoms with Gasteiger partial charge in [0.2, 0.25) is 0 Å². The normalized spacial score (nSPS) is 26.2. The van der Waals surface area contributed by atoms with Crippen LogP contribution in [0.15, 0.2) is 30.3 Å². The Balaban J connectivity index is 1.68. The molecule has 1 aromatic rings. The molecule has 0 aromatic heterocycles. The van der Waals surface area contributed by atoms with Crippen LogP contribution in [0, 0.1) is 0 Å². The highest BCUT2D eigenvalue weighted by Gasteiger charge is 2.42. The van der Waals surface area contributed by atoms with Gasteiger partial charge in [-0.15, -0.1) is 0 Å². The van der Waals surface area contributed by atoms with E-state index in [1.165, 1.54) is 23.1 Å². The first-order chi connectivity index (χ1) is 10.7. The van der Waals surface area contributed by atoms with Crippen molar-refractivity contribution in [3.63, 3.8) is 0 Å². The minimum atomic E-state index is -0.227. The summed E-state index contributed by atoms with van der Waals surface area (Å²) in [6.07, 6.45) is 5.62. The van der Waals surface area contributed by atoms with Gasteiger partial charge in [0.15, 0.2) is 0 Å². The second-order valence-electron chi connectivity index (χ2n) is 6.11. The third-order valence-corrected chi connectivity index (χ3v) is 5.87. The van der Waals surface area contributed by atoms with E-state index < -0.39 is 0 Å². The zero-order valence-electron chi connectivity index (χ0n) is 12.8. The van der Waals surface area contributed by atoms with Crippen molar-refractivity contribution in [1.29, 1.82) is 0 Å². The molecule has 118 valence electrons. The molecule has 2 atom stereocenters. The molecular formula is C17H22N2O2S. The van der Waals surface area contributed by atoms with Gasteiger partial charge in [0, 0.05) is 6.04 Å². The first kappa shape index (κ1) is 15.4. The molecular weight excluding hydrogens is 296 g/mol. The second-order valence-corrected chi connectivity index (χ2v) is 7.20. The molecule has 0 bridgehead atoms. The van der Waals surface area contributed by atoms with Crippen molar-refractivity contribution in [3.05, 3.63) is 35.9 Å². The molecule has 0 spiro atoms. The smallest absolute Gasteiger partial charge is 0.325 e. The van der Waals surface area contributed by atoms with Crippen molar-refractivity contribution < 1.29 is 9.59 Å². The van der Waals surface area contributed by atoms with Crippen LogP contribution in [0.4, 0.5) is 9.59 Å². The van der Waals surface area contributed by atoms with E-state index in [-0.39, 0.29) is 28.6 Å². The molecule has 1 aliphatic heterocycles. The number of amides is 3. The third-order valence-electron chi connectivity index (χ3n) is 4.55. The lowest BCUT2D eigenvalue weighted by molar-refractivity contribution is 0.184. The summed E-state index contributed by atoms with van der Waals surface area (Å²) < 4.78 is 0. The number of carbonyl (C=O) groups excluding carboxylic acids is 2. The summed E-state index contributed by atoms with van der Waals surface area (Å²) in [5, 5.41) is 2.92. The molecule has 2 fully saturated rings. The number of carbonyl (C=O) groups is 2. The van der Waals surface area contributed by atoms with E-state index in [4.69, 9.17) is 0 Å². The molecule has 5 heteroatoms. The molecule has 1 saturated heterocycles. The Hall–Kier alpha value is -1.49. The fourth-order valence-electron chi connectivity index (χ4n) is 3.31. The van der Waals surface area contributed by atoms with E-state index in [9.17, 15) is 9.59 Å². The van der Waals surface area contributed by atoms with Crippen molar-refractivity contribution in [2.24, 2.45) is 0 Å². The average molecular weight is 318 g/mol. The lowest BCUT2D eigenvalue weighted by atomic mass is 9.96. The van der Waals surface area contributed by atoms with E-state index in [1.54, 1.807) is 0 Å².